The molecule has 0 amide bonds. The van der Waals surface area contributed by atoms with Gasteiger partial charge in [0.25, 0.3) is 6.47 Å². The maximum Gasteiger partial charge on any atom is 0.298 e. The number of benzene rings is 21. The van der Waals surface area contributed by atoms with Crippen molar-refractivity contribution in [3.8, 4) is 61.4 Å². The summed E-state index contributed by atoms with van der Waals surface area (Å²) >= 11 is 7.12. The zero-order chi connectivity index (χ0) is 94.6. The van der Waals surface area contributed by atoms with Crippen molar-refractivity contribution in [3.63, 3.8) is 0 Å². The Balaban J connectivity index is 0.000000114. The molecule has 0 unspecified atom stereocenters. The molecular weight excluding hydrogens is 1770 g/mol. The van der Waals surface area contributed by atoms with E-state index < -0.39 is 0 Å². The number of nitrogens with two attached hydrogens (primary N) is 1. The predicted octanol–water partition coefficient (Wildman–Crippen LogP) is 33.0. The topological polar surface area (TPSA) is 121 Å². The number of hydrogen-bond donors (Lipinski definition) is 1. The fourth-order valence-electron chi connectivity index (χ4n) is 20.8. The fourth-order valence-corrected chi connectivity index (χ4v) is 21.8. The van der Waals surface area contributed by atoms with Gasteiger partial charge in [0, 0.05) is 70.3 Å². The van der Waals surface area contributed by atoms with Crippen LogP contribution in [0.15, 0.2) is 446 Å². The molecule has 0 saturated heterocycles. The summed E-state index contributed by atoms with van der Waals surface area (Å²) in [5.41, 5.74) is 30.4. The van der Waals surface area contributed by atoms with Gasteiger partial charge >= 0.3 is 0 Å². The van der Waals surface area contributed by atoms with Gasteiger partial charge in [-0.05, 0) is 220 Å². The van der Waals surface area contributed by atoms with E-state index in [1.807, 2.05) is 133 Å². The quantitative estimate of drug-likeness (QED) is 0.0778. The van der Waals surface area contributed by atoms with Crippen LogP contribution in [-0.4, -0.2) is 29.6 Å². The van der Waals surface area contributed by atoms with Crippen molar-refractivity contribution >= 4 is 197 Å². The van der Waals surface area contributed by atoms with E-state index in [-0.39, 0.29) is 26.0 Å². The molecule has 23 aromatic rings. The number of nitrogen functional groups attached to an aromatic ring is 1. The third-order valence-electron chi connectivity index (χ3n) is 26.2. The van der Waals surface area contributed by atoms with Crippen LogP contribution in [0.1, 0.15) is 62.9 Å². The van der Waals surface area contributed by atoms with Crippen LogP contribution in [0.4, 0.5) is 5.69 Å². The highest BCUT2D eigenvalue weighted by atomic mass is 79.9. The summed E-state index contributed by atoms with van der Waals surface area (Å²) in [5.74, 6) is -0.0117. The zero-order valence-corrected chi connectivity index (χ0v) is 75.5. The number of halogens is 2. The van der Waals surface area contributed by atoms with Crippen LogP contribution in [0.2, 0.25) is 0 Å². The molecular formula is C125H87Br2NO6. The van der Waals surface area contributed by atoms with Crippen LogP contribution < -0.4 is 10.5 Å². The van der Waals surface area contributed by atoms with Crippen molar-refractivity contribution < 1.29 is 37.5 Å². The number of rotatable bonds is 11. The summed E-state index contributed by atoms with van der Waals surface area (Å²) in [6, 6.07) is 151. The van der Waals surface area contributed by atoms with E-state index in [9.17, 15) is 24.0 Å². The lowest BCUT2D eigenvalue weighted by atomic mass is 9.82. The van der Waals surface area contributed by atoms with Crippen LogP contribution in [0, 0.1) is 0 Å². The number of Topliss-reactive ketones (excluding diaryl/α,β-unsaturated/α-hetero) is 4. The summed E-state index contributed by atoms with van der Waals surface area (Å²) in [6.45, 7) is 0.344. The van der Waals surface area contributed by atoms with Crippen molar-refractivity contribution in [1.29, 1.82) is 0 Å². The minimum atomic E-state index is -0.378. The summed E-state index contributed by atoms with van der Waals surface area (Å²) in [5, 5.41) is 25.9. The molecule has 134 heavy (non-hydrogen) atoms. The van der Waals surface area contributed by atoms with Crippen LogP contribution in [0.25, 0.3) is 186 Å². The molecule has 0 heterocycles. The Bertz CT molecular complexity index is 8550. The van der Waals surface area contributed by atoms with Gasteiger partial charge in [0.15, 0.2) is 11.5 Å². The first-order valence-corrected chi connectivity index (χ1v) is 46.3. The summed E-state index contributed by atoms with van der Waals surface area (Å²) < 4.78 is 26.4. The lowest BCUT2D eigenvalue weighted by Gasteiger charge is -2.21. The first-order chi connectivity index (χ1) is 68.0. The van der Waals surface area contributed by atoms with Crippen LogP contribution in [0.5, 0.6) is 5.75 Å². The highest BCUT2D eigenvalue weighted by molar-refractivity contribution is 9.11. The lowest BCUT2D eigenvalue weighted by Crippen LogP contribution is -2.06. The number of ketones is 4. The third-order valence-corrected chi connectivity index (χ3v) is 27.5. The second-order valence-electron chi connectivity index (χ2n) is 33.8. The van der Waals surface area contributed by atoms with Gasteiger partial charge < -0.3 is 10.5 Å². The van der Waals surface area contributed by atoms with Crippen LogP contribution >= 0.6 is 31.9 Å². The monoisotopic (exact) mass is 1860 g/mol. The summed E-state index contributed by atoms with van der Waals surface area (Å²) in [7, 11) is 0. The Morgan fingerprint density at radius 1 is 0.254 bits per heavy atom. The molecule has 4 aliphatic rings. The average Bonchev–Trinajstić information content (AvgIpc) is 1.52. The molecule has 9 heteroatoms. The second-order valence-corrected chi connectivity index (χ2v) is 35.5. The van der Waals surface area contributed by atoms with Gasteiger partial charge in [-0.3, -0.25) is 24.0 Å². The standard InChI is InChI=1S/C32H19Br.C32H18.C27H16O.C15H14O.C12H6O2.C7H6BrNO2.4H2/c33-26-19-9-18-25-28(21-10-3-1-4-11-21)31-23-16-7-14-20-15-8-17-24(27(20)23)32(31)29(30(25)26)22-12-5-2-6-13-22;1-2-9-20(10-3-1)28-26-18-8-15-22-21-13-4-5-14-23(21)30(29(22)26)32-25-17-7-12-19-11-6-16-24(27(19)25)31(28)32;28-27-23(18-9-3-1-4-10-18)25-20-15-7-13-17-14-8-16-21(22(17)20)26(25)24(27)19-11-5-2-6-12-19;16-15(11-13-7-3-1-4-8-13)12-14-9-5-2-6-10-14;13-11-8-5-1-3-7-4-2-6-9(10(7)8)12(11)14;8-5-2-1-3-6(9)7(5)11-4-10;;;;/h1-19H;1-18H;1-16H;1-10H,11-12H2;1-6H;1-4H,9H2;4*1H/i;;;;;;2*1+1D;2*1+1. The number of carbonyl (C=O) groups is 5. The number of allylic oxidation sites excluding steroid dienone is 4. The first-order valence-electron chi connectivity index (χ1n) is 46.7. The van der Waals surface area contributed by atoms with E-state index in [0.29, 0.717) is 46.4 Å². The normalized spacial score (nSPS) is 12.5. The van der Waals surface area contributed by atoms with E-state index in [2.05, 4.69) is 297 Å². The van der Waals surface area contributed by atoms with Gasteiger partial charge in [0.05, 0.1) is 10.2 Å². The molecule has 642 valence electrons. The number of anilines is 1. The smallest absolute Gasteiger partial charge is 0.298 e. The van der Waals surface area contributed by atoms with Gasteiger partial charge in [0.1, 0.15) is 5.78 Å². The Hall–Kier alpha value is -16.4. The zero-order valence-electron chi connectivity index (χ0n) is 76.3. The van der Waals surface area contributed by atoms with Crippen LogP contribution in [0.3, 0.4) is 0 Å². The van der Waals surface area contributed by atoms with Gasteiger partial charge in [-0.25, -0.2) is 0 Å². The van der Waals surface area contributed by atoms with Crippen molar-refractivity contribution in [2.45, 2.75) is 12.8 Å². The van der Waals surface area contributed by atoms with Gasteiger partial charge in [0.2, 0.25) is 11.6 Å². The lowest BCUT2D eigenvalue weighted by molar-refractivity contribution is -0.121. The van der Waals surface area contributed by atoms with E-state index >= 15 is 0 Å². The Labute approximate surface area is 799 Å². The van der Waals surface area contributed by atoms with Crippen molar-refractivity contribution in [2.75, 3.05) is 5.73 Å². The van der Waals surface area contributed by atoms with E-state index in [1.54, 1.807) is 42.5 Å². The van der Waals surface area contributed by atoms with Gasteiger partial charge in [-0.15, -0.1) is 0 Å². The minimum absolute atomic E-state index is 0. The Morgan fingerprint density at radius 3 is 1.06 bits per heavy atom. The molecule has 2 N–H and O–H groups in total. The highest BCUT2D eigenvalue weighted by Gasteiger charge is 2.41. The molecule has 4 aliphatic carbocycles. The molecule has 0 spiro atoms. The number of hydrogen-bond acceptors (Lipinski definition) is 7. The largest absolute Gasteiger partial charge is 0.425 e. The molecule has 0 saturated carbocycles. The molecule has 0 fully saturated rings. The summed E-state index contributed by atoms with van der Waals surface area (Å²) in [6.07, 6.45) is 1.05. The average molecular weight is 1860 g/mol. The van der Waals surface area contributed by atoms with Gasteiger partial charge in [-0.2, -0.15) is 0 Å². The molecule has 27 rings (SSSR count). The number of para-hydroxylation sites is 1. The molecule has 23 aromatic carbocycles. The molecule has 0 radical (unpaired) electrons. The van der Waals surface area contributed by atoms with E-state index in [0.717, 1.165) is 59.8 Å². The number of carbonyl (C=O) groups excluding carboxylic acids is 5. The molecule has 0 aromatic heterocycles. The second kappa shape index (κ2) is 35.5. The molecule has 0 aliphatic heterocycles. The SMILES string of the molecule is Brc1cccc2c(-c3ccccc3)c3c(c(-c4ccccc4)c12)-c1cccc2cccc-3c12.Nc1cccc(Br)c1OC=O.O=C(Cc1ccccc1)Cc1ccccc1.O=C1C(=O)c2cccc3cccc1c23.O=C1C(c2ccccc2)=C2C(=C1c1ccccc1)c1cccc3cccc2c13.[2HH].[2HH].[2H][2H].[2H][2H].c1ccc(-c2c3cccc4c5ccccc5c(c34)c3c4cccc5cccc(c23)c54)cc1. The molecule has 7 nitrogen and oxygen atoms in total. The Kier molecular flexibility index (Phi) is 21.4. The van der Waals surface area contributed by atoms with Crippen LogP contribution in [-0.2, 0) is 27.2 Å². The van der Waals surface area contributed by atoms with E-state index in [4.69, 9.17) is 11.7 Å². The first kappa shape index (κ1) is 80.9. The van der Waals surface area contributed by atoms with Crippen molar-refractivity contribution in [1.82, 2.24) is 0 Å². The molecule has 0 atom stereocenters. The maximum absolute atomic E-state index is 13.7. The maximum atomic E-state index is 13.7. The number of fused-ring (bicyclic) bond motifs is 14. The summed E-state index contributed by atoms with van der Waals surface area (Å²) in [4.78, 5) is 58.6. The third kappa shape index (κ3) is 14.5. The predicted molar refractivity (Wildman–Crippen MR) is 571 cm³/mol. The Morgan fingerprint density at radius 2 is 0.575 bits per heavy atom. The molecule has 0 bridgehead atoms. The fraction of sp³-hybridized carbons (Fsp3) is 0.0160. The van der Waals surface area contributed by atoms with Crippen molar-refractivity contribution in [3.05, 3.63) is 490 Å². The van der Waals surface area contributed by atoms with Gasteiger partial charge in [-0.1, -0.05) is 435 Å². The highest BCUT2D eigenvalue weighted by Crippen LogP contribution is 2.61. The van der Waals surface area contributed by atoms with E-state index in [1.165, 1.54) is 164 Å². The van der Waals surface area contributed by atoms with Crippen molar-refractivity contribution in [2.24, 2.45) is 0 Å². The number of ether oxygens (including phenoxy) is 1. The minimum Gasteiger partial charge on any atom is -0.425 e.